The van der Waals surface area contributed by atoms with E-state index in [-0.39, 0.29) is 23.3 Å². The van der Waals surface area contributed by atoms with E-state index >= 15 is 0 Å². The summed E-state index contributed by atoms with van der Waals surface area (Å²) < 4.78 is 33.4. The van der Waals surface area contributed by atoms with E-state index in [9.17, 15) is 13.2 Å². The number of fused-ring (bicyclic) bond motifs is 1. The average molecular weight is 376 g/mol. The van der Waals surface area contributed by atoms with Gasteiger partial charge < -0.3 is 10.1 Å². The minimum atomic E-state index is -3.70. The minimum Gasteiger partial charge on any atom is -0.496 e. The second-order valence-electron chi connectivity index (χ2n) is 6.41. The van der Waals surface area contributed by atoms with Crippen LogP contribution in [-0.2, 0) is 14.8 Å². The third-order valence-corrected chi connectivity index (χ3v) is 6.71. The first kappa shape index (κ1) is 18.7. The maximum Gasteiger partial charge on any atom is 0.243 e. The van der Waals surface area contributed by atoms with E-state index in [1.54, 1.807) is 25.3 Å². The Morgan fingerprint density at radius 2 is 1.96 bits per heavy atom. The van der Waals surface area contributed by atoms with E-state index in [1.165, 1.54) is 4.31 Å². The summed E-state index contributed by atoms with van der Waals surface area (Å²) in [5, 5.41) is 4.18. The lowest BCUT2D eigenvalue weighted by Crippen LogP contribution is -2.45. The van der Waals surface area contributed by atoms with E-state index in [4.69, 9.17) is 4.74 Å². The van der Waals surface area contributed by atoms with Crippen LogP contribution in [-0.4, -0.2) is 45.4 Å². The van der Waals surface area contributed by atoms with Crippen molar-refractivity contribution in [3.05, 3.63) is 36.4 Å². The third-order valence-electron chi connectivity index (χ3n) is 4.79. The number of amides is 1. The summed E-state index contributed by atoms with van der Waals surface area (Å²) in [6.45, 7) is 3.05. The standard InChI is InChI=1S/C19H24N2O4S/c1-3-20-19(22)14-7-6-12-21(13-14)26(23,24)18-11-10-17(25-2)15-8-4-5-9-16(15)18/h4-5,8-11,14H,3,6-7,12-13H2,1-2H3,(H,20,22). The van der Waals surface area contributed by atoms with Crippen LogP contribution in [0.2, 0.25) is 0 Å². The van der Waals surface area contributed by atoms with Crippen LogP contribution in [0, 0.1) is 5.92 Å². The molecule has 0 aromatic heterocycles. The van der Waals surface area contributed by atoms with Crippen molar-refractivity contribution in [3.63, 3.8) is 0 Å². The van der Waals surface area contributed by atoms with Gasteiger partial charge in [-0.3, -0.25) is 4.79 Å². The van der Waals surface area contributed by atoms with Gasteiger partial charge in [0, 0.05) is 30.4 Å². The SMILES string of the molecule is CCNC(=O)C1CCCN(S(=O)(=O)c2ccc(OC)c3ccccc23)C1. The van der Waals surface area contributed by atoms with Gasteiger partial charge in [-0.05, 0) is 31.9 Å². The van der Waals surface area contributed by atoms with Gasteiger partial charge in [-0.15, -0.1) is 0 Å². The summed E-state index contributed by atoms with van der Waals surface area (Å²) in [5.74, 6) is 0.258. The highest BCUT2D eigenvalue weighted by atomic mass is 32.2. The third kappa shape index (κ3) is 3.41. The molecule has 0 saturated carbocycles. The molecule has 2 aromatic carbocycles. The van der Waals surface area contributed by atoms with Crippen molar-refractivity contribution in [3.8, 4) is 5.75 Å². The topological polar surface area (TPSA) is 75.7 Å². The molecule has 0 aliphatic carbocycles. The quantitative estimate of drug-likeness (QED) is 0.869. The molecular formula is C19H24N2O4S. The van der Waals surface area contributed by atoms with Crippen molar-refractivity contribution < 1.29 is 17.9 Å². The molecule has 0 radical (unpaired) electrons. The maximum absolute atomic E-state index is 13.3. The van der Waals surface area contributed by atoms with Crippen molar-refractivity contribution in [2.45, 2.75) is 24.7 Å². The summed E-state index contributed by atoms with van der Waals surface area (Å²) >= 11 is 0. The molecule has 1 unspecified atom stereocenters. The Balaban J connectivity index is 1.98. The highest BCUT2D eigenvalue weighted by Crippen LogP contribution is 2.33. The Kier molecular flexibility index (Phi) is 5.48. The fourth-order valence-corrected chi connectivity index (χ4v) is 5.20. The fourth-order valence-electron chi connectivity index (χ4n) is 3.48. The molecule has 1 heterocycles. The van der Waals surface area contributed by atoms with Gasteiger partial charge in [-0.2, -0.15) is 4.31 Å². The predicted molar refractivity (Wildman–Crippen MR) is 101 cm³/mol. The number of hydrogen-bond acceptors (Lipinski definition) is 4. The molecule has 1 amide bonds. The summed E-state index contributed by atoms with van der Waals surface area (Å²) in [6.07, 6.45) is 1.39. The van der Waals surface area contributed by atoms with Gasteiger partial charge in [0.15, 0.2) is 0 Å². The van der Waals surface area contributed by atoms with Crippen molar-refractivity contribution >= 4 is 26.7 Å². The number of nitrogens with one attached hydrogen (secondary N) is 1. The number of carbonyl (C=O) groups is 1. The van der Waals surface area contributed by atoms with Gasteiger partial charge in [0.1, 0.15) is 5.75 Å². The molecule has 1 N–H and O–H groups in total. The molecule has 1 aliphatic rings. The molecule has 7 heteroatoms. The van der Waals surface area contributed by atoms with Crippen LogP contribution in [0.5, 0.6) is 5.75 Å². The lowest BCUT2D eigenvalue weighted by molar-refractivity contribution is -0.125. The zero-order valence-corrected chi connectivity index (χ0v) is 15.9. The largest absolute Gasteiger partial charge is 0.496 e. The first-order valence-electron chi connectivity index (χ1n) is 8.82. The summed E-state index contributed by atoms with van der Waals surface area (Å²) in [6, 6.07) is 10.6. The van der Waals surface area contributed by atoms with Gasteiger partial charge in [0.2, 0.25) is 15.9 Å². The number of carbonyl (C=O) groups excluding carboxylic acids is 1. The van der Waals surface area contributed by atoms with Gasteiger partial charge in [-0.1, -0.05) is 24.3 Å². The van der Waals surface area contributed by atoms with Gasteiger partial charge in [0.25, 0.3) is 0 Å². The Morgan fingerprint density at radius 1 is 1.23 bits per heavy atom. The lowest BCUT2D eigenvalue weighted by Gasteiger charge is -2.31. The van der Waals surface area contributed by atoms with Crippen LogP contribution in [0.25, 0.3) is 10.8 Å². The highest BCUT2D eigenvalue weighted by molar-refractivity contribution is 7.89. The fraction of sp³-hybridized carbons (Fsp3) is 0.421. The van der Waals surface area contributed by atoms with Crippen LogP contribution in [0.1, 0.15) is 19.8 Å². The minimum absolute atomic E-state index is 0.0769. The monoisotopic (exact) mass is 376 g/mol. The predicted octanol–water partition coefficient (Wildman–Crippen LogP) is 2.39. The van der Waals surface area contributed by atoms with Crippen molar-refractivity contribution in [2.24, 2.45) is 5.92 Å². The Labute approximate surface area is 154 Å². The molecule has 26 heavy (non-hydrogen) atoms. The molecule has 0 spiro atoms. The van der Waals surface area contributed by atoms with Gasteiger partial charge >= 0.3 is 0 Å². The Morgan fingerprint density at radius 3 is 2.65 bits per heavy atom. The molecule has 1 fully saturated rings. The number of ether oxygens (including phenoxy) is 1. The maximum atomic E-state index is 13.3. The average Bonchev–Trinajstić information content (AvgIpc) is 2.67. The second-order valence-corrected chi connectivity index (χ2v) is 8.31. The van der Waals surface area contributed by atoms with Crippen molar-refractivity contribution in [2.75, 3.05) is 26.7 Å². The zero-order chi connectivity index (χ0) is 18.7. The molecule has 3 rings (SSSR count). The summed E-state index contributed by atoms with van der Waals surface area (Å²) in [5.41, 5.74) is 0. The smallest absolute Gasteiger partial charge is 0.243 e. The lowest BCUT2D eigenvalue weighted by atomic mass is 9.99. The van der Waals surface area contributed by atoms with Gasteiger partial charge in [-0.25, -0.2) is 8.42 Å². The molecule has 2 aromatic rings. The molecular weight excluding hydrogens is 352 g/mol. The van der Waals surface area contributed by atoms with Gasteiger partial charge in [0.05, 0.1) is 17.9 Å². The van der Waals surface area contributed by atoms with E-state index < -0.39 is 10.0 Å². The number of hydrogen-bond donors (Lipinski definition) is 1. The van der Waals surface area contributed by atoms with Crippen molar-refractivity contribution in [1.82, 2.24) is 9.62 Å². The van der Waals surface area contributed by atoms with E-state index in [0.717, 1.165) is 5.39 Å². The van der Waals surface area contributed by atoms with E-state index in [1.807, 2.05) is 25.1 Å². The Bertz CT molecular complexity index is 911. The van der Waals surface area contributed by atoms with Crippen LogP contribution >= 0.6 is 0 Å². The first-order valence-corrected chi connectivity index (χ1v) is 10.3. The number of piperidine rings is 1. The normalized spacial score (nSPS) is 18.6. The van der Waals surface area contributed by atoms with E-state index in [2.05, 4.69) is 5.32 Å². The Hall–Kier alpha value is -2.12. The van der Waals surface area contributed by atoms with Crippen LogP contribution < -0.4 is 10.1 Å². The summed E-state index contributed by atoms with van der Waals surface area (Å²) in [7, 11) is -2.13. The van der Waals surface area contributed by atoms with Crippen molar-refractivity contribution in [1.29, 1.82) is 0 Å². The highest BCUT2D eigenvalue weighted by Gasteiger charge is 2.34. The number of benzene rings is 2. The number of nitrogens with zero attached hydrogens (tertiary/aromatic N) is 1. The first-order chi connectivity index (χ1) is 12.5. The van der Waals surface area contributed by atoms with E-state index in [0.29, 0.717) is 37.1 Å². The second kappa shape index (κ2) is 7.63. The zero-order valence-electron chi connectivity index (χ0n) is 15.1. The van der Waals surface area contributed by atoms with Crippen LogP contribution in [0.3, 0.4) is 0 Å². The molecule has 6 nitrogen and oxygen atoms in total. The molecule has 1 saturated heterocycles. The summed E-state index contributed by atoms with van der Waals surface area (Å²) in [4.78, 5) is 12.4. The number of methoxy groups -OCH3 is 1. The molecule has 1 aliphatic heterocycles. The van der Waals surface area contributed by atoms with Crippen LogP contribution in [0.15, 0.2) is 41.3 Å². The molecule has 1 atom stereocenters. The number of rotatable bonds is 5. The number of sulfonamides is 1. The van der Waals surface area contributed by atoms with Crippen LogP contribution in [0.4, 0.5) is 0 Å². The molecule has 0 bridgehead atoms. The molecule has 140 valence electrons.